The molecule has 4 aliphatic rings. The van der Waals surface area contributed by atoms with E-state index in [4.69, 9.17) is 0 Å². The van der Waals surface area contributed by atoms with E-state index in [1.165, 1.54) is 42.4 Å². The highest BCUT2D eigenvalue weighted by atomic mass is 16.3. The normalized spacial score (nSPS) is 37.2. The summed E-state index contributed by atoms with van der Waals surface area (Å²) in [6.45, 7) is 8.86. The second-order valence-corrected chi connectivity index (χ2v) is 9.96. The van der Waals surface area contributed by atoms with Crippen molar-refractivity contribution in [2.45, 2.75) is 77.2 Å². The average Bonchev–Trinajstić information content (AvgIpc) is 3.01. The Kier molecular flexibility index (Phi) is 4.43. The lowest BCUT2D eigenvalue weighted by Crippen LogP contribution is -2.44. The third kappa shape index (κ3) is 2.70. The summed E-state index contributed by atoms with van der Waals surface area (Å²) < 4.78 is 0. The van der Waals surface area contributed by atoms with Crippen LogP contribution in [-0.2, 0) is 6.42 Å². The van der Waals surface area contributed by atoms with Crippen LogP contribution < -0.4 is 0 Å². The second-order valence-electron chi connectivity index (χ2n) is 9.96. The minimum Gasteiger partial charge on any atom is -0.393 e. The molecule has 0 heterocycles. The Bertz CT molecular complexity index is 855. The van der Waals surface area contributed by atoms with Crippen LogP contribution in [0.5, 0.6) is 0 Å². The first-order valence-corrected chi connectivity index (χ1v) is 11.4. The molecule has 1 aromatic carbocycles. The first-order valence-electron chi connectivity index (χ1n) is 11.4. The van der Waals surface area contributed by atoms with Crippen LogP contribution in [0.15, 0.2) is 59.2 Å². The minimum absolute atomic E-state index is 0.0717. The van der Waals surface area contributed by atoms with Crippen molar-refractivity contribution in [3.63, 3.8) is 0 Å². The molecular formula is C27H34O. The zero-order valence-electron chi connectivity index (χ0n) is 17.5. The number of allylic oxidation sites excluding steroid dienone is 5. The first kappa shape index (κ1) is 18.4. The number of aliphatic hydroxyl groups excluding tert-OH is 1. The van der Waals surface area contributed by atoms with Gasteiger partial charge >= 0.3 is 0 Å². The molecule has 28 heavy (non-hydrogen) atoms. The maximum absolute atomic E-state index is 10.9. The van der Waals surface area contributed by atoms with Gasteiger partial charge in [0, 0.05) is 5.92 Å². The summed E-state index contributed by atoms with van der Waals surface area (Å²) in [4.78, 5) is 0. The lowest BCUT2D eigenvalue weighted by Gasteiger charge is -2.52. The molecule has 1 heteroatoms. The van der Waals surface area contributed by atoms with Gasteiger partial charge in [0.25, 0.3) is 0 Å². The van der Waals surface area contributed by atoms with Crippen LogP contribution in [0.2, 0.25) is 0 Å². The smallest absolute Gasteiger partial charge is 0.0597 e. The molecule has 0 amide bonds. The van der Waals surface area contributed by atoms with Crippen molar-refractivity contribution in [3.8, 4) is 0 Å². The lowest BCUT2D eigenvalue weighted by atomic mass is 9.53. The summed E-state index contributed by atoms with van der Waals surface area (Å²) in [5.74, 6) is 1.78. The highest BCUT2D eigenvalue weighted by molar-refractivity contribution is 5.51. The fraction of sp³-hybridized carbons (Fsp3) is 0.556. The Labute approximate surface area is 170 Å². The summed E-state index contributed by atoms with van der Waals surface area (Å²) in [6.07, 6.45) is 11.4. The largest absolute Gasteiger partial charge is 0.393 e. The minimum atomic E-state index is -0.135. The fourth-order valence-corrected chi connectivity index (χ4v) is 7.01. The number of benzene rings is 1. The van der Waals surface area contributed by atoms with Crippen LogP contribution in [0.4, 0.5) is 0 Å². The van der Waals surface area contributed by atoms with E-state index in [2.05, 4.69) is 50.8 Å². The Hall–Kier alpha value is -1.60. The number of rotatable bonds is 2. The van der Waals surface area contributed by atoms with Crippen LogP contribution in [0.3, 0.4) is 0 Å². The molecule has 4 aliphatic carbocycles. The number of aliphatic hydroxyl groups is 1. The molecular weight excluding hydrogens is 340 g/mol. The quantitative estimate of drug-likeness (QED) is 0.627. The van der Waals surface area contributed by atoms with E-state index >= 15 is 0 Å². The maximum Gasteiger partial charge on any atom is 0.0597 e. The van der Waals surface area contributed by atoms with Crippen LogP contribution in [0, 0.1) is 17.3 Å². The molecule has 0 aliphatic heterocycles. The monoisotopic (exact) mass is 374 g/mol. The van der Waals surface area contributed by atoms with Gasteiger partial charge in [-0.25, -0.2) is 0 Å². The van der Waals surface area contributed by atoms with E-state index < -0.39 is 0 Å². The van der Waals surface area contributed by atoms with Crippen molar-refractivity contribution in [3.05, 3.63) is 70.3 Å². The lowest BCUT2D eigenvalue weighted by molar-refractivity contribution is -0.00296. The van der Waals surface area contributed by atoms with Gasteiger partial charge in [-0.05, 0) is 90.9 Å². The van der Waals surface area contributed by atoms with Crippen LogP contribution in [-0.4, -0.2) is 11.2 Å². The Morgan fingerprint density at radius 1 is 1.07 bits per heavy atom. The number of fused-ring (bicyclic) bond motifs is 4. The van der Waals surface area contributed by atoms with E-state index in [1.807, 2.05) is 0 Å². The van der Waals surface area contributed by atoms with Crippen molar-refractivity contribution in [2.24, 2.45) is 17.3 Å². The summed E-state index contributed by atoms with van der Waals surface area (Å²) in [5.41, 5.74) is 9.23. The van der Waals surface area contributed by atoms with Crippen LogP contribution >= 0.6 is 0 Å². The molecule has 5 atom stereocenters. The van der Waals surface area contributed by atoms with Gasteiger partial charge < -0.3 is 5.11 Å². The topological polar surface area (TPSA) is 20.2 Å². The Morgan fingerprint density at radius 2 is 1.86 bits per heavy atom. The van der Waals surface area contributed by atoms with E-state index in [0.717, 1.165) is 25.7 Å². The Balaban J connectivity index is 1.66. The van der Waals surface area contributed by atoms with E-state index in [1.54, 1.807) is 16.7 Å². The molecule has 148 valence electrons. The maximum atomic E-state index is 10.9. The van der Waals surface area contributed by atoms with Crippen molar-refractivity contribution in [2.75, 3.05) is 0 Å². The van der Waals surface area contributed by atoms with Crippen LogP contribution in [0.25, 0.3) is 0 Å². The second kappa shape index (κ2) is 6.73. The SMILES string of the molecule is C=C1C=C2CCC3C(=C2CC1)C(c1ccc(CC)cc1)CC1(C)C(O)CCC31. The standard InChI is InChI=1S/C27H34O/c1-4-18-6-8-19(9-7-18)23-16-27(3)24(13-14-25(27)28)22-12-10-20-15-17(2)5-11-21(20)26(22)23/h6-9,15,22-25,28H,2,4-5,10-14,16H2,1,3H3. The predicted octanol–water partition coefficient (Wildman–Crippen LogP) is 6.50. The van der Waals surface area contributed by atoms with Gasteiger partial charge in [-0.15, -0.1) is 0 Å². The van der Waals surface area contributed by atoms with Gasteiger partial charge in [-0.3, -0.25) is 0 Å². The molecule has 1 nitrogen and oxygen atoms in total. The van der Waals surface area contributed by atoms with Gasteiger partial charge in [0.15, 0.2) is 0 Å². The molecule has 0 aromatic heterocycles. The van der Waals surface area contributed by atoms with Gasteiger partial charge in [0.05, 0.1) is 6.10 Å². The van der Waals surface area contributed by atoms with Crippen molar-refractivity contribution in [1.82, 2.24) is 0 Å². The first-order chi connectivity index (χ1) is 13.5. The third-order valence-corrected chi connectivity index (χ3v) is 8.59. The van der Waals surface area contributed by atoms with E-state index in [-0.39, 0.29) is 11.5 Å². The van der Waals surface area contributed by atoms with Crippen LogP contribution in [0.1, 0.15) is 75.8 Å². The fourth-order valence-electron chi connectivity index (χ4n) is 7.01. The number of aryl methyl sites for hydroxylation is 1. The zero-order chi connectivity index (χ0) is 19.5. The summed E-state index contributed by atoms with van der Waals surface area (Å²) >= 11 is 0. The highest BCUT2D eigenvalue weighted by Gasteiger charge is 2.56. The van der Waals surface area contributed by atoms with E-state index in [9.17, 15) is 5.11 Å². The molecule has 1 N–H and O–H groups in total. The summed E-state index contributed by atoms with van der Waals surface area (Å²) in [5, 5.41) is 10.9. The molecule has 2 fully saturated rings. The van der Waals surface area contributed by atoms with Gasteiger partial charge in [0.1, 0.15) is 0 Å². The van der Waals surface area contributed by atoms with Crippen molar-refractivity contribution >= 4 is 0 Å². The molecule has 5 rings (SSSR count). The number of hydrogen-bond donors (Lipinski definition) is 1. The van der Waals surface area contributed by atoms with Crippen molar-refractivity contribution < 1.29 is 5.11 Å². The molecule has 0 bridgehead atoms. The van der Waals surface area contributed by atoms with Gasteiger partial charge in [0.2, 0.25) is 0 Å². The zero-order valence-corrected chi connectivity index (χ0v) is 17.5. The summed E-state index contributed by atoms with van der Waals surface area (Å²) in [7, 11) is 0. The molecule has 1 aromatic rings. The molecule has 0 radical (unpaired) electrons. The molecule has 5 unspecified atom stereocenters. The molecule has 2 saturated carbocycles. The predicted molar refractivity (Wildman–Crippen MR) is 116 cm³/mol. The van der Waals surface area contributed by atoms with E-state index in [0.29, 0.717) is 17.8 Å². The third-order valence-electron chi connectivity index (χ3n) is 8.59. The summed E-state index contributed by atoms with van der Waals surface area (Å²) in [6, 6.07) is 9.38. The number of hydrogen-bond acceptors (Lipinski definition) is 1. The average molecular weight is 375 g/mol. The Morgan fingerprint density at radius 3 is 2.61 bits per heavy atom. The molecule has 0 saturated heterocycles. The van der Waals surface area contributed by atoms with Gasteiger partial charge in [-0.2, -0.15) is 0 Å². The molecule has 0 spiro atoms. The highest BCUT2D eigenvalue weighted by Crippen LogP contribution is 2.63. The van der Waals surface area contributed by atoms with Crippen molar-refractivity contribution in [1.29, 1.82) is 0 Å². The van der Waals surface area contributed by atoms with Gasteiger partial charge in [-0.1, -0.05) is 61.9 Å².